The predicted molar refractivity (Wildman–Crippen MR) is 203 cm³/mol. The van der Waals surface area contributed by atoms with E-state index in [9.17, 15) is 24.6 Å². The summed E-state index contributed by atoms with van der Waals surface area (Å²) in [4.78, 5) is 42.1. The molecule has 0 spiro atoms. The van der Waals surface area contributed by atoms with Crippen LogP contribution in [0, 0.1) is 17.8 Å². The molecule has 4 rings (SSSR count). The van der Waals surface area contributed by atoms with Crippen molar-refractivity contribution in [2.75, 3.05) is 21.2 Å². The monoisotopic (exact) mass is 799 g/mol. The van der Waals surface area contributed by atoms with Gasteiger partial charge in [-0.2, -0.15) is 0 Å². The van der Waals surface area contributed by atoms with E-state index in [-0.39, 0.29) is 25.0 Å². The average molecular weight is 800 g/mol. The number of esters is 3. The van der Waals surface area contributed by atoms with Crippen LogP contribution in [-0.2, 0) is 57.0 Å². The molecular weight excluding hydrogens is 730 g/mol. The van der Waals surface area contributed by atoms with Crippen molar-refractivity contribution >= 4 is 17.9 Å². The number of aliphatic hydroxyl groups is 2. The Morgan fingerprint density at radius 1 is 0.946 bits per heavy atom. The lowest BCUT2D eigenvalue weighted by Gasteiger charge is -2.48. The van der Waals surface area contributed by atoms with Gasteiger partial charge in [-0.3, -0.25) is 14.4 Å². The van der Waals surface area contributed by atoms with E-state index >= 15 is 0 Å². The van der Waals surface area contributed by atoms with Crippen LogP contribution in [0.5, 0.6) is 0 Å². The maximum atomic E-state index is 14.6. The number of likely N-dealkylation sites (N-methyl/N-ethyl adjacent to an activating group) is 1. The largest absolute Gasteiger partial charge is 0.488 e. The molecule has 0 unspecified atom stereocenters. The van der Waals surface area contributed by atoms with Crippen molar-refractivity contribution in [1.82, 2.24) is 4.90 Å². The van der Waals surface area contributed by atoms with Gasteiger partial charge in [-0.15, -0.1) is 0 Å². The van der Waals surface area contributed by atoms with Gasteiger partial charge in [-0.1, -0.05) is 20.8 Å². The first-order valence-corrected chi connectivity index (χ1v) is 20.1. The van der Waals surface area contributed by atoms with Gasteiger partial charge in [0, 0.05) is 45.8 Å². The van der Waals surface area contributed by atoms with Crippen LogP contribution in [0.4, 0.5) is 0 Å². The number of fused-ring (bicyclic) bond motifs is 2. The molecule has 0 aromatic heterocycles. The van der Waals surface area contributed by atoms with Gasteiger partial charge < -0.3 is 57.7 Å². The molecule has 2 N–H and O–H groups in total. The van der Waals surface area contributed by atoms with E-state index in [1.54, 1.807) is 34.6 Å². The molecule has 3 fully saturated rings. The topological polar surface area (TPSA) is 178 Å². The SMILES string of the molecule is CC[C@H]1OC(=O)[C@H](C)[C@@H](O[C@H]2C[C@@](C)(OC)[C@@H](O)[C@H](C)O2)[C@H](C)[C@@H](O[C@@H]2O[C@H](C)C[C@H](N(C)C)[C@H]2O)[C@@]2(C)CC(C)=C(O2)[C@H](C)[C@@H](OC(C)=O)[C@]1(C)OC(C)=O. The molecule has 0 aromatic carbocycles. The maximum Gasteiger partial charge on any atom is 0.311 e. The van der Waals surface area contributed by atoms with Gasteiger partial charge in [-0.25, -0.2) is 0 Å². The van der Waals surface area contributed by atoms with Gasteiger partial charge in [-0.05, 0) is 81.0 Å². The van der Waals surface area contributed by atoms with E-state index < -0.39 is 108 Å². The molecule has 0 radical (unpaired) electrons. The van der Waals surface area contributed by atoms with E-state index in [1.165, 1.54) is 21.0 Å². The molecule has 0 saturated carbocycles. The second-order valence-corrected chi connectivity index (χ2v) is 17.5. The summed E-state index contributed by atoms with van der Waals surface area (Å²) in [5.41, 5.74) is -2.98. The quantitative estimate of drug-likeness (QED) is 0.252. The van der Waals surface area contributed by atoms with E-state index in [1.807, 2.05) is 53.6 Å². The fourth-order valence-electron chi connectivity index (χ4n) is 9.53. The highest BCUT2D eigenvalue weighted by Gasteiger charge is 2.58. The summed E-state index contributed by atoms with van der Waals surface area (Å²) in [5, 5.41) is 22.7. The molecule has 0 aromatic rings. The molecule has 2 bridgehead atoms. The molecule has 0 aliphatic carbocycles. The third-order valence-corrected chi connectivity index (χ3v) is 12.5. The lowest BCUT2D eigenvalue weighted by Crippen LogP contribution is -2.60. The third kappa shape index (κ3) is 9.40. The van der Waals surface area contributed by atoms with Crippen LogP contribution >= 0.6 is 0 Å². The molecule has 322 valence electrons. The first-order chi connectivity index (χ1) is 25.9. The first kappa shape index (κ1) is 46.3. The van der Waals surface area contributed by atoms with Crippen LogP contribution < -0.4 is 0 Å². The van der Waals surface area contributed by atoms with E-state index in [4.69, 9.17) is 42.6 Å². The van der Waals surface area contributed by atoms with Crippen molar-refractivity contribution in [1.29, 1.82) is 0 Å². The van der Waals surface area contributed by atoms with E-state index in [0.29, 0.717) is 18.6 Å². The average Bonchev–Trinajstić information content (AvgIpc) is 3.43. The Hall–Kier alpha value is -2.37. The summed E-state index contributed by atoms with van der Waals surface area (Å²) < 4.78 is 57.4. The zero-order chi connectivity index (χ0) is 42.2. The number of carbonyl (C=O) groups excluding carboxylic acids is 3. The van der Waals surface area contributed by atoms with Crippen molar-refractivity contribution in [3.63, 3.8) is 0 Å². The summed E-state index contributed by atoms with van der Waals surface area (Å²) in [6, 6.07) is -0.271. The highest BCUT2D eigenvalue weighted by atomic mass is 16.7. The summed E-state index contributed by atoms with van der Waals surface area (Å²) in [5.74, 6) is -3.80. The Bertz CT molecular complexity index is 1440. The van der Waals surface area contributed by atoms with Crippen LogP contribution in [0.15, 0.2) is 11.3 Å². The minimum atomic E-state index is -1.65. The number of hydrogen-bond donors (Lipinski definition) is 2. The van der Waals surface area contributed by atoms with Gasteiger partial charge in [0.05, 0.1) is 35.7 Å². The Labute approximate surface area is 332 Å². The molecule has 17 atom stereocenters. The Morgan fingerprint density at radius 2 is 1.59 bits per heavy atom. The number of methoxy groups -OCH3 is 1. The molecule has 56 heavy (non-hydrogen) atoms. The van der Waals surface area contributed by atoms with Crippen LogP contribution in [0.25, 0.3) is 0 Å². The lowest BCUT2D eigenvalue weighted by molar-refractivity contribution is -0.316. The van der Waals surface area contributed by atoms with Gasteiger partial charge in [0.25, 0.3) is 0 Å². The maximum absolute atomic E-state index is 14.6. The van der Waals surface area contributed by atoms with E-state index in [0.717, 1.165) is 5.57 Å². The third-order valence-electron chi connectivity index (χ3n) is 12.5. The number of ether oxygens (including phenoxy) is 9. The molecule has 4 heterocycles. The molecule has 4 aliphatic rings. The second-order valence-electron chi connectivity index (χ2n) is 17.5. The summed E-state index contributed by atoms with van der Waals surface area (Å²) in [7, 11) is 5.31. The number of rotatable bonds is 9. The van der Waals surface area contributed by atoms with Crippen LogP contribution in [-0.4, -0.2) is 138 Å². The number of nitrogens with zero attached hydrogens (tertiary/aromatic N) is 1. The molecule has 4 aliphatic heterocycles. The number of carbonyl (C=O) groups is 3. The van der Waals surface area contributed by atoms with Crippen LogP contribution in [0.1, 0.15) is 109 Å². The molecular formula is C41H69NO14. The van der Waals surface area contributed by atoms with Crippen molar-refractivity contribution in [2.45, 2.75) is 193 Å². The fraction of sp³-hybridized carbons (Fsp3) is 0.878. The zero-order valence-corrected chi connectivity index (χ0v) is 36.2. The molecule has 15 nitrogen and oxygen atoms in total. The van der Waals surface area contributed by atoms with Crippen molar-refractivity contribution in [3.05, 3.63) is 11.3 Å². The minimum absolute atomic E-state index is 0.139. The normalized spacial score (nSPS) is 45.2. The summed E-state index contributed by atoms with van der Waals surface area (Å²) in [6.45, 7) is 20.6. The number of hydrogen-bond acceptors (Lipinski definition) is 15. The number of cyclic esters (lactones) is 1. The Kier molecular flexibility index (Phi) is 14.8. The second kappa shape index (κ2) is 17.9. The van der Waals surface area contributed by atoms with Crippen molar-refractivity contribution in [2.24, 2.45) is 17.8 Å². The fourth-order valence-corrected chi connectivity index (χ4v) is 9.53. The lowest BCUT2D eigenvalue weighted by atomic mass is 9.78. The molecule has 0 amide bonds. The van der Waals surface area contributed by atoms with Crippen LogP contribution in [0.2, 0.25) is 0 Å². The van der Waals surface area contributed by atoms with Gasteiger partial charge >= 0.3 is 17.9 Å². The standard InChI is InChI=1S/C41H69NO14/c1-16-29-41(12,55-27(9)44)36(51-26(8)43)22(4)32-20(2)18-40(11,56-32)35(54-38-31(45)28(42(13)14)17-21(3)49-38)23(5)33(24(6)37(47)52-29)53-30-19-39(10,48-15)34(46)25(7)50-30/h21-25,28-31,33-36,38,45-46H,16-19H2,1-15H3/t21-,22+,23+,24-,25+,28+,29-,30+,31-,33+,34+,35-,36-,38+,39-,40-,41-/m1/s1. The first-order valence-electron chi connectivity index (χ1n) is 20.1. The molecule has 15 heteroatoms. The van der Waals surface area contributed by atoms with Gasteiger partial charge in [0.15, 0.2) is 24.3 Å². The van der Waals surface area contributed by atoms with Crippen molar-refractivity contribution < 1.29 is 67.2 Å². The van der Waals surface area contributed by atoms with Crippen molar-refractivity contribution in [3.8, 4) is 0 Å². The highest BCUT2D eigenvalue weighted by Crippen LogP contribution is 2.48. The Balaban J connectivity index is 1.92. The van der Waals surface area contributed by atoms with Gasteiger partial charge in [0.1, 0.15) is 35.8 Å². The minimum Gasteiger partial charge on any atom is -0.488 e. The van der Waals surface area contributed by atoms with E-state index in [2.05, 4.69) is 0 Å². The Morgan fingerprint density at radius 3 is 2.14 bits per heavy atom. The zero-order valence-electron chi connectivity index (χ0n) is 36.2. The van der Waals surface area contributed by atoms with Crippen LogP contribution in [0.3, 0.4) is 0 Å². The summed E-state index contributed by atoms with van der Waals surface area (Å²) in [6.07, 6.45) is -7.74. The highest BCUT2D eigenvalue weighted by molar-refractivity contribution is 5.73. The molecule has 3 saturated heterocycles. The van der Waals surface area contributed by atoms with Gasteiger partial charge in [0.2, 0.25) is 0 Å². The summed E-state index contributed by atoms with van der Waals surface area (Å²) >= 11 is 0. The predicted octanol–water partition coefficient (Wildman–Crippen LogP) is 4.03. The smallest absolute Gasteiger partial charge is 0.311 e. The number of aliphatic hydroxyl groups excluding tert-OH is 2.